The van der Waals surface area contributed by atoms with Crippen molar-refractivity contribution in [2.75, 3.05) is 33.3 Å². The molecule has 2 N–H and O–H groups in total. The molecule has 0 unspecified atom stereocenters. The molecular formula is C22H27N2O5+. The van der Waals surface area contributed by atoms with Crippen molar-refractivity contribution in [2.45, 2.75) is 19.9 Å². The van der Waals surface area contributed by atoms with Crippen LogP contribution in [0.5, 0.6) is 5.75 Å². The van der Waals surface area contributed by atoms with Gasteiger partial charge in [0.1, 0.15) is 23.3 Å². The van der Waals surface area contributed by atoms with E-state index in [4.69, 9.17) is 9.15 Å². The van der Waals surface area contributed by atoms with Gasteiger partial charge in [-0.1, -0.05) is 0 Å². The summed E-state index contributed by atoms with van der Waals surface area (Å²) in [5, 5.41) is 10.9. The van der Waals surface area contributed by atoms with Crippen LogP contribution in [0.1, 0.15) is 31.2 Å². The van der Waals surface area contributed by atoms with Crippen LogP contribution in [0.3, 0.4) is 0 Å². The molecule has 1 aromatic carbocycles. The molecule has 7 nitrogen and oxygen atoms in total. The number of carbonyl (C=O) groups is 2. The summed E-state index contributed by atoms with van der Waals surface area (Å²) >= 11 is 0. The first-order valence-electron chi connectivity index (χ1n) is 9.81. The maximum Gasteiger partial charge on any atom is 0.295 e. The van der Waals surface area contributed by atoms with E-state index < -0.39 is 17.7 Å². The van der Waals surface area contributed by atoms with E-state index in [9.17, 15) is 14.7 Å². The number of likely N-dealkylation sites (tertiary alicyclic amines) is 1. The number of hydrogen-bond acceptors (Lipinski definition) is 5. The number of Topliss-reactive ketones (excluding diaryl/α,β-unsaturated/α-hetero) is 1. The first kappa shape index (κ1) is 20.7. The molecule has 1 aromatic heterocycles. The summed E-state index contributed by atoms with van der Waals surface area (Å²) < 4.78 is 10.7. The Hall–Kier alpha value is -3.06. The summed E-state index contributed by atoms with van der Waals surface area (Å²) in [6.45, 7) is 7.13. The van der Waals surface area contributed by atoms with Gasteiger partial charge in [0.15, 0.2) is 0 Å². The average molecular weight is 399 g/mol. The minimum atomic E-state index is -0.748. The number of furan rings is 1. The lowest BCUT2D eigenvalue weighted by Gasteiger charge is -2.25. The number of nitrogens with zero attached hydrogens (tertiary/aromatic N) is 1. The molecule has 29 heavy (non-hydrogen) atoms. The van der Waals surface area contributed by atoms with E-state index >= 15 is 0 Å². The first-order valence-corrected chi connectivity index (χ1v) is 9.81. The Morgan fingerprint density at radius 1 is 1.17 bits per heavy atom. The van der Waals surface area contributed by atoms with Crippen molar-refractivity contribution in [2.24, 2.45) is 0 Å². The highest BCUT2D eigenvalue weighted by Crippen LogP contribution is 2.39. The topological polar surface area (TPSA) is 84.4 Å². The number of hydrogen-bond donors (Lipinski definition) is 2. The zero-order chi connectivity index (χ0) is 21.0. The van der Waals surface area contributed by atoms with Crippen LogP contribution >= 0.6 is 0 Å². The monoisotopic (exact) mass is 399 g/mol. The zero-order valence-electron chi connectivity index (χ0n) is 17.0. The van der Waals surface area contributed by atoms with Crippen LogP contribution in [-0.4, -0.2) is 55.0 Å². The van der Waals surface area contributed by atoms with E-state index in [-0.39, 0.29) is 11.3 Å². The lowest BCUT2D eigenvalue weighted by Crippen LogP contribution is -3.12. The number of ketones is 1. The third-order valence-electron chi connectivity index (χ3n) is 5.42. The van der Waals surface area contributed by atoms with Crippen LogP contribution in [-0.2, 0) is 9.59 Å². The maximum atomic E-state index is 12.9. The number of ether oxygens (including phenoxy) is 1. The molecule has 2 heterocycles. The van der Waals surface area contributed by atoms with Crippen molar-refractivity contribution < 1.29 is 28.7 Å². The molecule has 3 rings (SSSR count). The van der Waals surface area contributed by atoms with Crippen molar-refractivity contribution in [3.05, 3.63) is 59.6 Å². The number of amides is 1. The zero-order valence-corrected chi connectivity index (χ0v) is 17.0. The maximum absolute atomic E-state index is 12.9. The molecule has 7 heteroatoms. The number of aliphatic hydroxyl groups is 1. The Bertz CT molecular complexity index is 882. The Morgan fingerprint density at radius 2 is 1.86 bits per heavy atom. The lowest BCUT2D eigenvalue weighted by molar-refractivity contribution is -0.895. The fourth-order valence-electron chi connectivity index (χ4n) is 3.64. The van der Waals surface area contributed by atoms with E-state index in [2.05, 4.69) is 13.8 Å². The molecule has 1 aliphatic heterocycles. The molecular weight excluding hydrogens is 372 g/mol. The number of aliphatic hydroxyl groups excluding tert-OH is 1. The molecule has 2 aromatic rings. The van der Waals surface area contributed by atoms with E-state index in [0.29, 0.717) is 30.2 Å². The molecule has 1 atom stereocenters. The third-order valence-corrected chi connectivity index (χ3v) is 5.42. The predicted molar refractivity (Wildman–Crippen MR) is 108 cm³/mol. The minimum Gasteiger partial charge on any atom is -0.507 e. The van der Waals surface area contributed by atoms with E-state index in [1.54, 1.807) is 43.5 Å². The van der Waals surface area contributed by atoms with Gasteiger partial charge in [0.2, 0.25) is 0 Å². The second kappa shape index (κ2) is 8.96. The second-order valence-electron chi connectivity index (χ2n) is 6.94. The van der Waals surface area contributed by atoms with Crippen molar-refractivity contribution in [3.63, 3.8) is 0 Å². The number of carbonyl (C=O) groups excluding carboxylic acids is 2. The van der Waals surface area contributed by atoms with Gasteiger partial charge >= 0.3 is 0 Å². The predicted octanol–water partition coefficient (Wildman–Crippen LogP) is 1.63. The van der Waals surface area contributed by atoms with Crippen molar-refractivity contribution >= 4 is 17.4 Å². The minimum absolute atomic E-state index is 0.0460. The number of likely N-dealkylation sites (N-methyl/N-ethyl adjacent to an activating group) is 1. The van der Waals surface area contributed by atoms with Gasteiger partial charge in [-0.15, -0.1) is 0 Å². The highest BCUT2D eigenvalue weighted by atomic mass is 16.5. The summed E-state index contributed by atoms with van der Waals surface area (Å²) in [5.41, 5.74) is 0.486. The number of benzene rings is 1. The molecule has 1 saturated heterocycles. The molecule has 0 bridgehead atoms. The van der Waals surface area contributed by atoms with Gasteiger partial charge in [-0.05, 0) is 50.2 Å². The standard InChI is InChI=1S/C22H26N2O5/c1-4-23(5-2)12-13-24-19(17-7-6-14-29-17)18(21(26)22(24)27)20(25)15-8-10-16(28-3)11-9-15/h6-11,14,19,25H,4-5,12-13H2,1-3H3/p+1/b20-18-/t19-/m1/s1. The first-order chi connectivity index (χ1) is 14.0. The summed E-state index contributed by atoms with van der Waals surface area (Å²) in [5.74, 6) is -0.451. The van der Waals surface area contributed by atoms with Gasteiger partial charge < -0.3 is 24.1 Å². The quantitative estimate of drug-likeness (QED) is 0.401. The number of nitrogens with one attached hydrogen (secondary N) is 1. The van der Waals surface area contributed by atoms with Crippen LogP contribution in [0, 0.1) is 0 Å². The Labute approximate surface area is 170 Å². The van der Waals surface area contributed by atoms with Gasteiger partial charge in [-0.3, -0.25) is 9.59 Å². The SMILES string of the molecule is CC[NH+](CC)CCN1C(=O)C(=O)/C(=C(\O)c2ccc(OC)cc2)[C@H]1c1ccco1. The van der Waals surface area contributed by atoms with Crippen molar-refractivity contribution in [1.29, 1.82) is 0 Å². The lowest BCUT2D eigenvalue weighted by atomic mass is 9.99. The molecule has 1 aliphatic rings. The fourth-order valence-corrected chi connectivity index (χ4v) is 3.64. The normalized spacial score (nSPS) is 18.6. The summed E-state index contributed by atoms with van der Waals surface area (Å²) in [6.07, 6.45) is 1.50. The van der Waals surface area contributed by atoms with E-state index in [1.165, 1.54) is 16.1 Å². The Morgan fingerprint density at radius 3 is 2.41 bits per heavy atom. The van der Waals surface area contributed by atoms with Crippen LogP contribution in [0.15, 0.2) is 52.7 Å². The van der Waals surface area contributed by atoms with Crippen molar-refractivity contribution in [1.82, 2.24) is 4.90 Å². The van der Waals surface area contributed by atoms with Gasteiger partial charge in [-0.2, -0.15) is 0 Å². The second-order valence-corrected chi connectivity index (χ2v) is 6.94. The number of rotatable bonds is 8. The van der Waals surface area contributed by atoms with Crippen molar-refractivity contribution in [3.8, 4) is 5.75 Å². The summed E-state index contributed by atoms with van der Waals surface area (Å²) in [4.78, 5) is 28.5. The molecule has 0 radical (unpaired) electrons. The molecule has 0 spiro atoms. The molecule has 0 saturated carbocycles. The Balaban J connectivity index is 2.02. The van der Waals surface area contributed by atoms with Crippen LogP contribution in [0.2, 0.25) is 0 Å². The highest BCUT2D eigenvalue weighted by Gasteiger charge is 2.47. The highest BCUT2D eigenvalue weighted by molar-refractivity contribution is 6.46. The van der Waals surface area contributed by atoms with Crippen LogP contribution in [0.25, 0.3) is 5.76 Å². The summed E-state index contributed by atoms with van der Waals surface area (Å²) in [7, 11) is 1.55. The molecule has 1 fully saturated rings. The van der Waals surface area contributed by atoms with Gasteiger partial charge in [0, 0.05) is 5.56 Å². The largest absolute Gasteiger partial charge is 0.507 e. The van der Waals surface area contributed by atoms with Gasteiger partial charge in [-0.25, -0.2) is 0 Å². The smallest absolute Gasteiger partial charge is 0.295 e. The molecule has 154 valence electrons. The molecule has 0 aliphatic carbocycles. The Kier molecular flexibility index (Phi) is 6.39. The van der Waals surface area contributed by atoms with Crippen LogP contribution < -0.4 is 9.64 Å². The average Bonchev–Trinajstić information content (AvgIpc) is 3.36. The molecule has 1 amide bonds. The van der Waals surface area contributed by atoms with Gasteiger partial charge in [0.25, 0.3) is 11.7 Å². The number of quaternary nitrogens is 1. The van der Waals surface area contributed by atoms with E-state index in [0.717, 1.165) is 13.1 Å². The third kappa shape index (κ3) is 4.05. The van der Waals surface area contributed by atoms with Gasteiger partial charge in [0.05, 0.1) is 45.1 Å². The van der Waals surface area contributed by atoms with E-state index in [1.807, 2.05) is 0 Å². The number of methoxy groups -OCH3 is 1. The van der Waals surface area contributed by atoms with Crippen LogP contribution in [0.4, 0.5) is 0 Å². The fraction of sp³-hybridized carbons (Fsp3) is 0.364. The summed E-state index contributed by atoms with van der Waals surface area (Å²) in [6, 6.07) is 9.37.